The maximum Gasteiger partial charge on any atom is 0.135 e. The molecule has 3 rings (SSSR count). The second-order valence-electron chi connectivity index (χ2n) is 6.65. The number of nitrogens with zero attached hydrogens (tertiary/aromatic N) is 2. The predicted octanol–water partition coefficient (Wildman–Crippen LogP) is 4.63. The van der Waals surface area contributed by atoms with Gasteiger partial charge in [-0.2, -0.15) is 0 Å². The first-order chi connectivity index (χ1) is 9.63. The minimum absolute atomic E-state index is 0.529. The highest BCUT2D eigenvalue weighted by Gasteiger charge is 2.30. The average molecular weight is 294 g/mol. The highest BCUT2D eigenvalue weighted by molar-refractivity contribution is 6.29. The fourth-order valence-corrected chi connectivity index (χ4v) is 3.55. The van der Waals surface area contributed by atoms with Crippen molar-refractivity contribution in [2.45, 2.75) is 64.3 Å². The standard InChI is InChI=1S/C16H24ClN3/c1-10(2)12-5-3-4-6-13(12)18-15-9-14(17)19-16(20-15)11-7-8-11/h9-13H,3-8H2,1-2H3,(H,18,19,20). The highest BCUT2D eigenvalue weighted by Crippen LogP contribution is 2.39. The smallest absolute Gasteiger partial charge is 0.135 e. The molecule has 0 bridgehead atoms. The van der Waals surface area contributed by atoms with Gasteiger partial charge >= 0.3 is 0 Å². The van der Waals surface area contributed by atoms with Crippen molar-refractivity contribution in [2.75, 3.05) is 5.32 Å². The minimum atomic E-state index is 0.529. The van der Waals surface area contributed by atoms with Crippen molar-refractivity contribution >= 4 is 17.4 Å². The molecule has 0 aromatic carbocycles. The Hall–Kier alpha value is -0.830. The van der Waals surface area contributed by atoms with Gasteiger partial charge < -0.3 is 5.32 Å². The van der Waals surface area contributed by atoms with Crippen molar-refractivity contribution in [2.24, 2.45) is 11.8 Å². The summed E-state index contributed by atoms with van der Waals surface area (Å²) in [6.45, 7) is 4.65. The van der Waals surface area contributed by atoms with Gasteiger partial charge in [0.25, 0.3) is 0 Å². The van der Waals surface area contributed by atoms with Crippen LogP contribution in [0.25, 0.3) is 0 Å². The Morgan fingerprint density at radius 2 is 1.90 bits per heavy atom. The van der Waals surface area contributed by atoms with E-state index in [1.165, 1.54) is 38.5 Å². The Bertz CT molecular complexity index is 471. The van der Waals surface area contributed by atoms with Crippen LogP contribution < -0.4 is 5.32 Å². The van der Waals surface area contributed by atoms with Gasteiger partial charge in [0, 0.05) is 18.0 Å². The van der Waals surface area contributed by atoms with Crippen LogP contribution in [0.3, 0.4) is 0 Å². The molecule has 0 radical (unpaired) electrons. The van der Waals surface area contributed by atoms with E-state index in [0.29, 0.717) is 23.0 Å². The van der Waals surface area contributed by atoms with E-state index in [1.54, 1.807) is 0 Å². The zero-order valence-corrected chi connectivity index (χ0v) is 13.2. The van der Waals surface area contributed by atoms with Gasteiger partial charge in [-0.25, -0.2) is 9.97 Å². The van der Waals surface area contributed by atoms with E-state index in [2.05, 4.69) is 29.1 Å². The fraction of sp³-hybridized carbons (Fsp3) is 0.750. The second kappa shape index (κ2) is 5.88. The lowest BCUT2D eigenvalue weighted by Crippen LogP contribution is -2.35. The fourth-order valence-electron chi connectivity index (χ4n) is 3.36. The summed E-state index contributed by atoms with van der Waals surface area (Å²) in [5.41, 5.74) is 0. The highest BCUT2D eigenvalue weighted by atomic mass is 35.5. The first-order valence-electron chi connectivity index (χ1n) is 7.94. The number of hydrogen-bond donors (Lipinski definition) is 1. The van der Waals surface area contributed by atoms with Crippen LogP contribution in [0, 0.1) is 11.8 Å². The van der Waals surface area contributed by atoms with Crippen molar-refractivity contribution in [1.29, 1.82) is 0 Å². The Morgan fingerprint density at radius 1 is 1.15 bits per heavy atom. The molecule has 2 atom stereocenters. The van der Waals surface area contributed by atoms with Crippen LogP contribution in [0.15, 0.2) is 6.07 Å². The van der Waals surface area contributed by atoms with E-state index in [-0.39, 0.29) is 0 Å². The molecular formula is C16H24ClN3. The summed E-state index contributed by atoms with van der Waals surface area (Å²) in [7, 11) is 0. The summed E-state index contributed by atoms with van der Waals surface area (Å²) in [5, 5.41) is 4.21. The Labute approximate surface area is 126 Å². The normalized spacial score (nSPS) is 26.8. The summed E-state index contributed by atoms with van der Waals surface area (Å²) >= 11 is 6.15. The third kappa shape index (κ3) is 3.25. The van der Waals surface area contributed by atoms with Crippen molar-refractivity contribution in [3.63, 3.8) is 0 Å². The van der Waals surface area contributed by atoms with Gasteiger partial charge in [0.1, 0.15) is 16.8 Å². The van der Waals surface area contributed by atoms with E-state index in [9.17, 15) is 0 Å². The lowest BCUT2D eigenvalue weighted by molar-refractivity contribution is 0.253. The van der Waals surface area contributed by atoms with Crippen LogP contribution in [0.5, 0.6) is 0 Å². The zero-order valence-electron chi connectivity index (χ0n) is 12.4. The summed E-state index contributed by atoms with van der Waals surface area (Å²) in [5.74, 6) is 3.85. The number of halogens is 1. The molecule has 2 aliphatic rings. The van der Waals surface area contributed by atoms with Gasteiger partial charge in [0.2, 0.25) is 0 Å². The third-order valence-electron chi connectivity index (χ3n) is 4.66. The molecule has 1 N–H and O–H groups in total. The number of anilines is 1. The molecule has 2 unspecified atom stereocenters. The van der Waals surface area contributed by atoms with Gasteiger partial charge in [-0.3, -0.25) is 0 Å². The van der Waals surface area contributed by atoms with Gasteiger partial charge in [-0.05, 0) is 37.5 Å². The Balaban J connectivity index is 1.75. The lowest BCUT2D eigenvalue weighted by atomic mass is 9.78. The number of rotatable bonds is 4. The summed E-state index contributed by atoms with van der Waals surface area (Å²) < 4.78 is 0. The molecule has 0 saturated heterocycles. The molecule has 2 aliphatic carbocycles. The molecule has 1 heterocycles. The summed E-state index contributed by atoms with van der Waals surface area (Å²) in [6, 6.07) is 2.40. The van der Waals surface area contributed by atoms with Crippen molar-refractivity contribution < 1.29 is 0 Å². The zero-order chi connectivity index (χ0) is 14.1. The molecule has 2 fully saturated rings. The van der Waals surface area contributed by atoms with Crippen LogP contribution in [-0.2, 0) is 0 Å². The molecule has 0 spiro atoms. The second-order valence-corrected chi connectivity index (χ2v) is 7.04. The summed E-state index contributed by atoms with van der Waals surface area (Å²) in [4.78, 5) is 9.03. The minimum Gasteiger partial charge on any atom is -0.367 e. The largest absolute Gasteiger partial charge is 0.367 e. The van der Waals surface area contributed by atoms with Crippen LogP contribution in [0.1, 0.15) is 64.1 Å². The lowest BCUT2D eigenvalue weighted by Gasteiger charge is -2.35. The number of hydrogen-bond acceptors (Lipinski definition) is 3. The average Bonchev–Trinajstić information content (AvgIpc) is 3.22. The molecule has 1 aromatic heterocycles. The van der Waals surface area contributed by atoms with E-state index >= 15 is 0 Å². The molecular weight excluding hydrogens is 270 g/mol. The third-order valence-corrected chi connectivity index (χ3v) is 4.86. The van der Waals surface area contributed by atoms with Crippen LogP contribution >= 0.6 is 11.6 Å². The number of nitrogens with one attached hydrogen (secondary N) is 1. The van der Waals surface area contributed by atoms with Crippen LogP contribution in [0.4, 0.5) is 5.82 Å². The Morgan fingerprint density at radius 3 is 2.60 bits per heavy atom. The van der Waals surface area contributed by atoms with Crippen molar-refractivity contribution in [3.8, 4) is 0 Å². The molecule has 2 saturated carbocycles. The quantitative estimate of drug-likeness (QED) is 0.822. The van der Waals surface area contributed by atoms with E-state index in [0.717, 1.165) is 17.6 Å². The molecule has 20 heavy (non-hydrogen) atoms. The van der Waals surface area contributed by atoms with Gasteiger partial charge in [0.05, 0.1) is 0 Å². The topological polar surface area (TPSA) is 37.8 Å². The van der Waals surface area contributed by atoms with Crippen molar-refractivity contribution in [1.82, 2.24) is 9.97 Å². The Kier molecular flexibility index (Phi) is 4.16. The molecule has 3 nitrogen and oxygen atoms in total. The van der Waals surface area contributed by atoms with E-state index in [4.69, 9.17) is 11.6 Å². The van der Waals surface area contributed by atoms with E-state index in [1.807, 2.05) is 6.07 Å². The number of aromatic nitrogens is 2. The van der Waals surface area contributed by atoms with E-state index < -0.39 is 0 Å². The van der Waals surface area contributed by atoms with Gasteiger partial charge in [-0.1, -0.05) is 38.3 Å². The van der Waals surface area contributed by atoms with Crippen molar-refractivity contribution in [3.05, 3.63) is 17.0 Å². The van der Waals surface area contributed by atoms with Gasteiger partial charge in [-0.15, -0.1) is 0 Å². The maximum absolute atomic E-state index is 6.15. The monoisotopic (exact) mass is 293 g/mol. The SMILES string of the molecule is CC(C)C1CCCCC1Nc1cc(Cl)nc(C2CC2)n1. The first-order valence-corrected chi connectivity index (χ1v) is 8.32. The molecule has 4 heteroatoms. The van der Waals surface area contributed by atoms with Crippen LogP contribution in [-0.4, -0.2) is 16.0 Å². The maximum atomic E-state index is 6.15. The van der Waals surface area contributed by atoms with Gasteiger partial charge in [0.15, 0.2) is 0 Å². The molecule has 110 valence electrons. The molecule has 1 aromatic rings. The van der Waals surface area contributed by atoms with Crippen LogP contribution in [0.2, 0.25) is 5.15 Å². The summed E-state index contributed by atoms with van der Waals surface area (Å²) in [6.07, 6.45) is 7.65. The molecule has 0 amide bonds. The molecule has 0 aliphatic heterocycles. The predicted molar refractivity (Wildman–Crippen MR) is 83.2 cm³/mol. The first kappa shape index (κ1) is 14.1.